The minimum Gasteiger partial charge on any atom is -0.399 e. The van der Waals surface area contributed by atoms with Crippen LogP contribution in [0.25, 0.3) is 0 Å². The van der Waals surface area contributed by atoms with Gasteiger partial charge in [-0.3, -0.25) is 4.79 Å². The van der Waals surface area contributed by atoms with E-state index in [2.05, 4.69) is 12.2 Å². The molecule has 0 fully saturated rings. The monoisotopic (exact) mass is 250 g/mol. The zero-order valence-electron chi connectivity index (χ0n) is 11.2. The molecule has 18 heavy (non-hydrogen) atoms. The van der Waals surface area contributed by atoms with Crippen molar-refractivity contribution < 1.29 is 9.53 Å². The van der Waals surface area contributed by atoms with Crippen molar-refractivity contribution in [3.05, 3.63) is 29.3 Å². The first-order valence-corrected chi connectivity index (χ1v) is 6.37. The lowest BCUT2D eigenvalue weighted by molar-refractivity contribution is 0.0912. The Hall–Kier alpha value is -1.55. The fraction of sp³-hybridized carbons (Fsp3) is 0.500. The van der Waals surface area contributed by atoms with Crippen LogP contribution in [0.3, 0.4) is 0 Å². The summed E-state index contributed by atoms with van der Waals surface area (Å²) in [5.74, 6) is -0.0772. The summed E-state index contributed by atoms with van der Waals surface area (Å²) in [5, 5.41) is 2.83. The number of carbonyl (C=O) groups excluding carboxylic acids is 1. The molecule has 100 valence electrons. The van der Waals surface area contributed by atoms with Crippen LogP contribution in [-0.4, -0.2) is 25.7 Å². The van der Waals surface area contributed by atoms with E-state index in [9.17, 15) is 4.79 Å². The molecular formula is C14H22N2O2. The quantitative estimate of drug-likeness (QED) is 0.575. The molecule has 1 aromatic carbocycles. The third kappa shape index (κ3) is 4.75. The van der Waals surface area contributed by atoms with Crippen molar-refractivity contribution in [3.63, 3.8) is 0 Å². The molecule has 0 aliphatic rings. The van der Waals surface area contributed by atoms with E-state index in [4.69, 9.17) is 10.5 Å². The van der Waals surface area contributed by atoms with Gasteiger partial charge in [0.1, 0.15) is 0 Å². The van der Waals surface area contributed by atoms with E-state index in [1.54, 1.807) is 18.2 Å². The first-order chi connectivity index (χ1) is 8.65. The second-order valence-corrected chi connectivity index (χ2v) is 4.30. The Morgan fingerprint density at radius 3 is 2.83 bits per heavy atom. The van der Waals surface area contributed by atoms with Gasteiger partial charge in [-0.1, -0.05) is 13.3 Å². The highest BCUT2D eigenvalue weighted by atomic mass is 16.5. The highest BCUT2D eigenvalue weighted by Gasteiger charge is 2.07. The fourth-order valence-corrected chi connectivity index (χ4v) is 1.62. The second kappa shape index (κ2) is 7.71. The van der Waals surface area contributed by atoms with Crippen molar-refractivity contribution >= 4 is 11.6 Å². The maximum Gasteiger partial charge on any atom is 0.251 e. The van der Waals surface area contributed by atoms with E-state index >= 15 is 0 Å². The number of aryl methyl sites for hydroxylation is 1. The minimum absolute atomic E-state index is 0.0772. The Balaban J connectivity index is 2.32. The number of nitrogens with one attached hydrogen (secondary N) is 1. The standard InChI is InChI=1S/C14H22N2O2/c1-3-4-8-18-9-7-16-14(17)13-6-5-12(15)10-11(13)2/h5-6,10H,3-4,7-9,15H2,1-2H3,(H,16,17). The maximum absolute atomic E-state index is 11.9. The van der Waals surface area contributed by atoms with E-state index < -0.39 is 0 Å². The predicted octanol–water partition coefficient (Wildman–Crippen LogP) is 2.12. The summed E-state index contributed by atoms with van der Waals surface area (Å²) in [6.45, 7) is 5.84. The lowest BCUT2D eigenvalue weighted by Gasteiger charge is -2.08. The topological polar surface area (TPSA) is 64.3 Å². The Bertz CT molecular complexity index is 391. The van der Waals surface area contributed by atoms with Gasteiger partial charge < -0.3 is 15.8 Å². The molecular weight excluding hydrogens is 228 g/mol. The molecule has 1 amide bonds. The van der Waals surface area contributed by atoms with Gasteiger partial charge in [0.15, 0.2) is 0 Å². The van der Waals surface area contributed by atoms with Gasteiger partial charge in [0.25, 0.3) is 5.91 Å². The lowest BCUT2D eigenvalue weighted by atomic mass is 10.1. The Kier molecular flexibility index (Phi) is 6.22. The van der Waals surface area contributed by atoms with Gasteiger partial charge in [-0.25, -0.2) is 0 Å². The summed E-state index contributed by atoms with van der Waals surface area (Å²) in [5.41, 5.74) is 7.87. The highest BCUT2D eigenvalue weighted by Crippen LogP contribution is 2.11. The number of ether oxygens (including phenoxy) is 1. The summed E-state index contributed by atoms with van der Waals surface area (Å²) in [4.78, 5) is 11.9. The molecule has 0 atom stereocenters. The lowest BCUT2D eigenvalue weighted by Crippen LogP contribution is -2.28. The number of amides is 1. The van der Waals surface area contributed by atoms with Crippen molar-refractivity contribution in [1.29, 1.82) is 0 Å². The highest BCUT2D eigenvalue weighted by molar-refractivity contribution is 5.95. The van der Waals surface area contributed by atoms with Crippen molar-refractivity contribution in [1.82, 2.24) is 5.32 Å². The molecule has 0 saturated heterocycles. The average molecular weight is 250 g/mol. The average Bonchev–Trinajstić information content (AvgIpc) is 2.33. The number of hydrogen-bond acceptors (Lipinski definition) is 3. The number of nitrogen functional groups attached to an aromatic ring is 1. The molecule has 0 unspecified atom stereocenters. The van der Waals surface area contributed by atoms with Crippen LogP contribution in [0.4, 0.5) is 5.69 Å². The van der Waals surface area contributed by atoms with E-state index in [1.165, 1.54) is 0 Å². The zero-order chi connectivity index (χ0) is 13.4. The normalized spacial score (nSPS) is 10.3. The molecule has 0 bridgehead atoms. The molecule has 1 rings (SSSR count). The molecule has 4 nitrogen and oxygen atoms in total. The van der Waals surface area contributed by atoms with E-state index in [0.29, 0.717) is 24.4 Å². The van der Waals surface area contributed by atoms with Crippen molar-refractivity contribution in [2.24, 2.45) is 0 Å². The van der Waals surface area contributed by atoms with Gasteiger partial charge in [-0.2, -0.15) is 0 Å². The van der Waals surface area contributed by atoms with Crippen molar-refractivity contribution in [2.45, 2.75) is 26.7 Å². The predicted molar refractivity (Wildman–Crippen MR) is 73.7 cm³/mol. The van der Waals surface area contributed by atoms with Crippen LogP contribution in [0.1, 0.15) is 35.7 Å². The second-order valence-electron chi connectivity index (χ2n) is 4.30. The van der Waals surface area contributed by atoms with Gasteiger partial charge in [-0.15, -0.1) is 0 Å². The smallest absolute Gasteiger partial charge is 0.251 e. The summed E-state index contributed by atoms with van der Waals surface area (Å²) >= 11 is 0. The van der Waals surface area contributed by atoms with Gasteiger partial charge in [0.2, 0.25) is 0 Å². The van der Waals surface area contributed by atoms with Crippen LogP contribution in [0.15, 0.2) is 18.2 Å². The summed E-state index contributed by atoms with van der Waals surface area (Å²) in [6.07, 6.45) is 2.18. The molecule has 4 heteroatoms. The van der Waals surface area contributed by atoms with E-state index in [1.807, 2.05) is 6.92 Å². The molecule has 0 aliphatic carbocycles. The molecule has 0 radical (unpaired) electrons. The van der Waals surface area contributed by atoms with Crippen LogP contribution in [0, 0.1) is 6.92 Å². The number of hydrogen-bond donors (Lipinski definition) is 2. The number of rotatable bonds is 7. The maximum atomic E-state index is 11.9. The van der Waals surface area contributed by atoms with Crippen molar-refractivity contribution in [3.8, 4) is 0 Å². The van der Waals surface area contributed by atoms with Crippen LogP contribution in [0.5, 0.6) is 0 Å². The Labute approximate surface area is 109 Å². The van der Waals surface area contributed by atoms with Gasteiger partial charge in [0, 0.05) is 24.4 Å². The van der Waals surface area contributed by atoms with E-state index in [0.717, 1.165) is 25.0 Å². The Morgan fingerprint density at radius 1 is 1.39 bits per heavy atom. The van der Waals surface area contributed by atoms with Crippen LogP contribution < -0.4 is 11.1 Å². The number of anilines is 1. The first-order valence-electron chi connectivity index (χ1n) is 6.37. The zero-order valence-corrected chi connectivity index (χ0v) is 11.2. The first kappa shape index (κ1) is 14.5. The summed E-state index contributed by atoms with van der Waals surface area (Å²) in [6, 6.07) is 5.28. The number of benzene rings is 1. The summed E-state index contributed by atoms with van der Waals surface area (Å²) < 4.78 is 5.37. The molecule has 1 aromatic rings. The minimum atomic E-state index is -0.0772. The Morgan fingerprint density at radius 2 is 2.17 bits per heavy atom. The largest absolute Gasteiger partial charge is 0.399 e. The molecule has 0 aromatic heterocycles. The van der Waals surface area contributed by atoms with Crippen LogP contribution >= 0.6 is 0 Å². The molecule has 0 heterocycles. The molecule has 0 saturated carbocycles. The third-order valence-corrected chi connectivity index (χ3v) is 2.67. The molecule has 0 aliphatic heterocycles. The third-order valence-electron chi connectivity index (χ3n) is 2.67. The van der Waals surface area contributed by atoms with Crippen LogP contribution in [0.2, 0.25) is 0 Å². The van der Waals surface area contributed by atoms with E-state index in [-0.39, 0.29) is 5.91 Å². The SMILES string of the molecule is CCCCOCCNC(=O)c1ccc(N)cc1C. The molecule has 0 spiro atoms. The van der Waals surface area contributed by atoms with Gasteiger partial charge in [0.05, 0.1) is 6.61 Å². The van der Waals surface area contributed by atoms with Crippen molar-refractivity contribution in [2.75, 3.05) is 25.5 Å². The number of carbonyl (C=O) groups is 1. The van der Waals surface area contributed by atoms with Crippen LogP contribution in [-0.2, 0) is 4.74 Å². The molecule has 3 N–H and O–H groups in total. The fourth-order valence-electron chi connectivity index (χ4n) is 1.62. The van der Waals surface area contributed by atoms with Gasteiger partial charge in [-0.05, 0) is 37.1 Å². The number of unbranched alkanes of at least 4 members (excludes halogenated alkanes) is 1. The summed E-state index contributed by atoms with van der Waals surface area (Å²) in [7, 11) is 0. The number of nitrogens with two attached hydrogens (primary N) is 1. The van der Waals surface area contributed by atoms with Gasteiger partial charge >= 0.3 is 0 Å².